The van der Waals surface area contributed by atoms with Crippen LogP contribution in [-0.4, -0.2) is 9.55 Å². The van der Waals surface area contributed by atoms with E-state index in [1.807, 2.05) is 18.6 Å². The van der Waals surface area contributed by atoms with Gasteiger partial charge < -0.3 is 10.3 Å². The van der Waals surface area contributed by atoms with Crippen LogP contribution in [0.3, 0.4) is 0 Å². The Labute approximate surface area is 116 Å². The number of imidazole rings is 1. The first kappa shape index (κ1) is 13.3. The second-order valence-corrected chi connectivity index (χ2v) is 5.80. The Bertz CT molecular complexity index is 546. The fraction of sp³-hybridized carbons (Fsp3) is 0.357. The second-order valence-electron chi connectivity index (χ2n) is 4.89. The first-order valence-electron chi connectivity index (χ1n) is 6.05. The van der Waals surface area contributed by atoms with E-state index in [-0.39, 0.29) is 6.04 Å². The van der Waals surface area contributed by atoms with E-state index < -0.39 is 0 Å². The summed E-state index contributed by atoms with van der Waals surface area (Å²) < 4.78 is 3.13. The third-order valence-electron chi connectivity index (χ3n) is 3.16. The summed E-state index contributed by atoms with van der Waals surface area (Å²) in [7, 11) is 0. The van der Waals surface area contributed by atoms with Crippen molar-refractivity contribution < 1.29 is 0 Å². The average molecular weight is 308 g/mol. The van der Waals surface area contributed by atoms with E-state index in [4.69, 9.17) is 5.73 Å². The number of hydrogen-bond acceptors (Lipinski definition) is 2. The number of halogens is 1. The molecule has 2 N–H and O–H groups in total. The van der Waals surface area contributed by atoms with Gasteiger partial charge in [0.05, 0.1) is 23.9 Å². The zero-order chi connectivity index (χ0) is 13.3. The first-order valence-corrected chi connectivity index (χ1v) is 6.84. The molecule has 1 unspecified atom stereocenters. The van der Waals surface area contributed by atoms with Crippen LogP contribution in [0.2, 0.25) is 0 Å². The van der Waals surface area contributed by atoms with Gasteiger partial charge in [0, 0.05) is 10.5 Å². The SMILES string of the molecule is Cc1ccc(Br)cc1-n1cncc1C(N)C(C)C. The highest BCUT2D eigenvalue weighted by atomic mass is 79.9. The van der Waals surface area contributed by atoms with Gasteiger partial charge in [-0.25, -0.2) is 4.98 Å². The molecule has 0 bridgehead atoms. The summed E-state index contributed by atoms with van der Waals surface area (Å²) in [5, 5.41) is 0. The molecule has 3 nitrogen and oxygen atoms in total. The highest BCUT2D eigenvalue weighted by Crippen LogP contribution is 2.25. The molecule has 18 heavy (non-hydrogen) atoms. The Hall–Kier alpha value is -1.13. The number of hydrogen-bond donors (Lipinski definition) is 1. The van der Waals surface area contributed by atoms with Gasteiger partial charge in [0.2, 0.25) is 0 Å². The second kappa shape index (κ2) is 5.24. The molecule has 2 rings (SSSR count). The van der Waals surface area contributed by atoms with E-state index in [1.165, 1.54) is 5.56 Å². The van der Waals surface area contributed by atoms with Crippen LogP contribution in [-0.2, 0) is 0 Å². The van der Waals surface area contributed by atoms with Gasteiger partial charge in [-0.15, -0.1) is 0 Å². The van der Waals surface area contributed by atoms with Gasteiger partial charge in [0.1, 0.15) is 0 Å². The maximum Gasteiger partial charge on any atom is 0.0994 e. The molecule has 0 amide bonds. The Morgan fingerprint density at radius 1 is 1.33 bits per heavy atom. The zero-order valence-corrected chi connectivity index (χ0v) is 12.5. The number of benzene rings is 1. The van der Waals surface area contributed by atoms with Crippen LogP contribution in [0.5, 0.6) is 0 Å². The quantitative estimate of drug-likeness (QED) is 0.941. The van der Waals surface area contributed by atoms with Crippen LogP contribution in [0.1, 0.15) is 31.1 Å². The van der Waals surface area contributed by atoms with Crippen LogP contribution < -0.4 is 5.73 Å². The standard InChI is InChI=1S/C14H18BrN3/c1-9(2)14(16)13-7-17-8-18(13)12-6-11(15)5-4-10(12)3/h4-9,14H,16H2,1-3H3. The van der Waals surface area contributed by atoms with E-state index in [1.54, 1.807) is 0 Å². The van der Waals surface area contributed by atoms with Gasteiger partial charge in [-0.2, -0.15) is 0 Å². The van der Waals surface area contributed by atoms with Gasteiger partial charge in [0.15, 0.2) is 0 Å². The Kier molecular flexibility index (Phi) is 3.88. The molecule has 0 fully saturated rings. The predicted molar refractivity (Wildman–Crippen MR) is 77.8 cm³/mol. The van der Waals surface area contributed by atoms with Crippen LogP contribution in [0.4, 0.5) is 0 Å². The summed E-state index contributed by atoms with van der Waals surface area (Å²) in [6, 6.07) is 6.21. The van der Waals surface area contributed by atoms with Crippen molar-refractivity contribution in [1.29, 1.82) is 0 Å². The lowest BCUT2D eigenvalue weighted by molar-refractivity contribution is 0.497. The molecular formula is C14H18BrN3. The fourth-order valence-electron chi connectivity index (χ4n) is 1.94. The third kappa shape index (κ3) is 2.49. The van der Waals surface area contributed by atoms with Gasteiger partial charge in [-0.3, -0.25) is 0 Å². The average Bonchev–Trinajstić information content (AvgIpc) is 2.80. The van der Waals surface area contributed by atoms with E-state index in [0.29, 0.717) is 5.92 Å². The third-order valence-corrected chi connectivity index (χ3v) is 3.65. The lowest BCUT2D eigenvalue weighted by Gasteiger charge is -2.19. The summed E-state index contributed by atoms with van der Waals surface area (Å²) >= 11 is 3.51. The smallest absolute Gasteiger partial charge is 0.0994 e. The van der Waals surface area contributed by atoms with Crippen LogP contribution in [0, 0.1) is 12.8 Å². The number of aryl methyl sites for hydroxylation is 1. The zero-order valence-electron chi connectivity index (χ0n) is 10.9. The lowest BCUT2D eigenvalue weighted by Crippen LogP contribution is -2.20. The number of rotatable bonds is 3. The summed E-state index contributed by atoms with van der Waals surface area (Å²) in [6.45, 7) is 6.33. The Morgan fingerprint density at radius 3 is 2.72 bits per heavy atom. The Morgan fingerprint density at radius 2 is 2.06 bits per heavy atom. The highest BCUT2D eigenvalue weighted by molar-refractivity contribution is 9.10. The molecule has 0 saturated carbocycles. The van der Waals surface area contributed by atoms with Gasteiger partial charge in [-0.1, -0.05) is 35.8 Å². The molecule has 0 saturated heterocycles. The normalized spacial score (nSPS) is 13.0. The number of nitrogens with two attached hydrogens (primary N) is 1. The van der Waals surface area contributed by atoms with Crippen molar-refractivity contribution in [3.8, 4) is 5.69 Å². The topological polar surface area (TPSA) is 43.8 Å². The van der Waals surface area contributed by atoms with Crippen molar-refractivity contribution in [2.45, 2.75) is 26.8 Å². The van der Waals surface area contributed by atoms with E-state index >= 15 is 0 Å². The monoisotopic (exact) mass is 307 g/mol. The summed E-state index contributed by atoms with van der Waals surface area (Å²) in [5.41, 5.74) is 9.60. The highest BCUT2D eigenvalue weighted by Gasteiger charge is 2.16. The van der Waals surface area contributed by atoms with Crippen molar-refractivity contribution in [1.82, 2.24) is 9.55 Å². The fourth-order valence-corrected chi connectivity index (χ4v) is 2.29. The molecular weight excluding hydrogens is 290 g/mol. The number of nitrogens with zero attached hydrogens (tertiary/aromatic N) is 2. The minimum absolute atomic E-state index is 0.00844. The molecule has 96 valence electrons. The van der Waals surface area contributed by atoms with Gasteiger partial charge >= 0.3 is 0 Å². The van der Waals surface area contributed by atoms with Crippen LogP contribution in [0.25, 0.3) is 5.69 Å². The van der Waals surface area contributed by atoms with Gasteiger partial charge in [0.25, 0.3) is 0 Å². The number of aromatic nitrogens is 2. The van der Waals surface area contributed by atoms with Crippen molar-refractivity contribution in [3.63, 3.8) is 0 Å². The molecule has 1 heterocycles. The molecule has 1 aromatic heterocycles. The van der Waals surface area contributed by atoms with Crippen LogP contribution in [0.15, 0.2) is 35.2 Å². The first-order chi connectivity index (χ1) is 8.50. The van der Waals surface area contributed by atoms with E-state index in [2.05, 4.69) is 58.4 Å². The summed E-state index contributed by atoms with van der Waals surface area (Å²) in [6.07, 6.45) is 3.68. The van der Waals surface area contributed by atoms with Crippen molar-refractivity contribution >= 4 is 15.9 Å². The maximum atomic E-state index is 6.24. The van der Waals surface area contributed by atoms with Crippen molar-refractivity contribution in [3.05, 3.63) is 46.5 Å². The summed E-state index contributed by atoms with van der Waals surface area (Å²) in [4.78, 5) is 4.24. The summed E-state index contributed by atoms with van der Waals surface area (Å²) in [5.74, 6) is 0.382. The minimum atomic E-state index is -0.00844. The predicted octanol–water partition coefficient (Wildman–Crippen LogP) is 3.60. The molecule has 0 aliphatic rings. The Balaban J connectivity index is 2.52. The lowest BCUT2D eigenvalue weighted by atomic mass is 10.0. The van der Waals surface area contributed by atoms with Crippen molar-refractivity contribution in [2.24, 2.45) is 11.7 Å². The molecule has 4 heteroatoms. The molecule has 2 aromatic rings. The molecule has 0 aliphatic heterocycles. The van der Waals surface area contributed by atoms with Crippen LogP contribution >= 0.6 is 15.9 Å². The molecule has 0 spiro atoms. The molecule has 0 aliphatic carbocycles. The maximum absolute atomic E-state index is 6.24. The van der Waals surface area contributed by atoms with Gasteiger partial charge in [-0.05, 0) is 30.5 Å². The largest absolute Gasteiger partial charge is 0.322 e. The molecule has 0 radical (unpaired) electrons. The minimum Gasteiger partial charge on any atom is -0.322 e. The van der Waals surface area contributed by atoms with Crippen molar-refractivity contribution in [2.75, 3.05) is 0 Å². The molecule has 1 aromatic carbocycles. The molecule has 1 atom stereocenters. The van der Waals surface area contributed by atoms with E-state index in [0.717, 1.165) is 15.9 Å². The van der Waals surface area contributed by atoms with E-state index in [9.17, 15) is 0 Å².